The first kappa shape index (κ1) is 16.1. The van der Waals surface area contributed by atoms with E-state index in [2.05, 4.69) is 39.8 Å². The molecule has 124 valence electrons. The lowest BCUT2D eigenvalue weighted by Crippen LogP contribution is -2.43. The van der Waals surface area contributed by atoms with Crippen LogP contribution in [0.5, 0.6) is 0 Å². The number of ether oxygens (including phenoxy) is 1. The summed E-state index contributed by atoms with van der Waals surface area (Å²) in [4.78, 5) is 0. The molecule has 1 N–H and O–H groups in total. The van der Waals surface area contributed by atoms with E-state index < -0.39 is 0 Å². The molecule has 1 saturated carbocycles. The molecular weight excluding hydrogens is 288 g/mol. The second-order valence-electron chi connectivity index (χ2n) is 6.33. The lowest BCUT2D eigenvalue weighted by molar-refractivity contribution is -0.00615. The summed E-state index contributed by atoms with van der Waals surface area (Å²) in [7, 11) is 2.01. The Kier molecular flexibility index (Phi) is 5.41. The van der Waals surface area contributed by atoms with Gasteiger partial charge < -0.3 is 14.6 Å². The Labute approximate surface area is 138 Å². The first-order valence-corrected chi connectivity index (χ1v) is 8.48. The fraction of sp³-hybridized carbons (Fsp3) is 0.556. The summed E-state index contributed by atoms with van der Waals surface area (Å²) in [5, 5.41) is 12.0. The maximum absolute atomic E-state index is 6.20. The van der Waals surface area contributed by atoms with Crippen LogP contribution in [0.3, 0.4) is 0 Å². The van der Waals surface area contributed by atoms with Crippen molar-refractivity contribution in [3.8, 4) is 0 Å². The Morgan fingerprint density at radius 3 is 2.70 bits per heavy atom. The predicted molar refractivity (Wildman–Crippen MR) is 89.9 cm³/mol. The van der Waals surface area contributed by atoms with Gasteiger partial charge in [-0.15, -0.1) is 10.2 Å². The van der Waals surface area contributed by atoms with Gasteiger partial charge in [-0.05, 0) is 25.3 Å². The van der Waals surface area contributed by atoms with E-state index in [4.69, 9.17) is 4.74 Å². The Balaban J connectivity index is 1.54. The summed E-state index contributed by atoms with van der Waals surface area (Å²) in [6.07, 6.45) is 5.08. The van der Waals surface area contributed by atoms with Gasteiger partial charge in [-0.2, -0.15) is 0 Å². The molecule has 2 aromatic rings. The van der Waals surface area contributed by atoms with Crippen molar-refractivity contribution in [3.63, 3.8) is 0 Å². The van der Waals surface area contributed by atoms with E-state index in [1.807, 2.05) is 24.6 Å². The Morgan fingerprint density at radius 1 is 1.17 bits per heavy atom. The van der Waals surface area contributed by atoms with Crippen LogP contribution in [0.2, 0.25) is 0 Å². The lowest BCUT2D eigenvalue weighted by atomic mass is 9.92. The van der Waals surface area contributed by atoms with Crippen LogP contribution < -0.4 is 5.32 Å². The zero-order valence-electron chi connectivity index (χ0n) is 14.0. The molecule has 0 radical (unpaired) electrons. The van der Waals surface area contributed by atoms with Crippen LogP contribution in [-0.2, 0) is 24.9 Å². The Hall–Kier alpha value is -1.72. The van der Waals surface area contributed by atoms with Gasteiger partial charge in [0.25, 0.3) is 0 Å². The minimum atomic E-state index is 0.276. The van der Waals surface area contributed by atoms with Crippen molar-refractivity contribution in [1.82, 2.24) is 20.1 Å². The number of aromatic nitrogens is 3. The van der Waals surface area contributed by atoms with E-state index in [1.165, 1.54) is 18.4 Å². The van der Waals surface area contributed by atoms with Gasteiger partial charge in [0.1, 0.15) is 11.6 Å². The smallest absolute Gasteiger partial charge is 0.146 e. The number of nitrogens with one attached hydrogen (secondary N) is 1. The van der Waals surface area contributed by atoms with Crippen LogP contribution in [0.4, 0.5) is 0 Å². The normalized spacial score (nSPS) is 21.5. The monoisotopic (exact) mass is 314 g/mol. The van der Waals surface area contributed by atoms with Crippen molar-refractivity contribution < 1.29 is 4.74 Å². The lowest BCUT2D eigenvalue weighted by Gasteiger charge is -2.32. The summed E-state index contributed by atoms with van der Waals surface area (Å²) < 4.78 is 8.24. The highest BCUT2D eigenvalue weighted by atomic mass is 16.5. The molecule has 5 heteroatoms. The Morgan fingerprint density at radius 2 is 1.96 bits per heavy atom. The summed E-state index contributed by atoms with van der Waals surface area (Å²) in [5.41, 5.74) is 1.24. The number of benzene rings is 1. The molecule has 0 saturated heterocycles. The van der Waals surface area contributed by atoms with Crippen molar-refractivity contribution in [1.29, 1.82) is 0 Å². The van der Waals surface area contributed by atoms with Gasteiger partial charge in [0, 0.05) is 13.1 Å². The molecule has 0 spiro atoms. The molecule has 1 aliphatic rings. The first-order chi connectivity index (χ1) is 11.2. The molecule has 2 unspecified atom stereocenters. The maximum atomic E-state index is 6.20. The highest BCUT2D eigenvalue weighted by Gasteiger charge is 2.25. The largest absolute Gasteiger partial charge is 0.372 e. The molecule has 1 fully saturated rings. The highest BCUT2D eigenvalue weighted by molar-refractivity contribution is 5.13. The molecule has 0 aliphatic heterocycles. The predicted octanol–water partition coefficient (Wildman–Crippen LogP) is 2.74. The molecule has 3 rings (SSSR count). The first-order valence-electron chi connectivity index (χ1n) is 8.48. The highest BCUT2D eigenvalue weighted by Crippen LogP contribution is 2.22. The average molecular weight is 314 g/mol. The number of hydrogen-bond donors (Lipinski definition) is 1. The van der Waals surface area contributed by atoms with Crippen molar-refractivity contribution in [3.05, 3.63) is 47.5 Å². The second-order valence-corrected chi connectivity index (χ2v) is 6.33. The summed E-state index contributed by atoms with van der Waals surface area (Å²) in [6.45, 7) is 3.41. The molecule has 0 amide bonds. The van der Waals surface area contributed by atoms with Crippen molar-refractivity contribution >= 4 is 0 Å². The third-order valence-electron chi connectivity index (χ3n) is 4.71. The van der Waals surface area contributed by atoms with Crippen molar-refractivity contribution in [2.24, 2.45) is 7.05 Å². The van der Waals surface area contributed by atoms with Crippen molar-refractivity contribution in [2.45, 2.75) is 57.9 Å². The van der Waals surface area contributed by atoms with Gasteiger partial charge in [0.15, 0.2) is 0 Å². The summed E-state index contributed by atoms with van der Waals surface area (Å²) >= 11 is 0. The minimum Gasteiger partial charge on any atom is -0.372 e. The van der Waals surface area contributed by atoms with Crippen LogP contribution in [0.1, 0.15) is 42.9 Å². The van der Waals surface area contributed by atoms with Crippen LogP contribution >= 0.6 is 0 Å². The van der Waals surface area contributed by atoms with Gasteiger partial charge in [-0.3, -0.25) is 0 Å². The number of aryl methyl sites for hydroxylation is 1. The fourth-order valence-electron chi connectivity index (χ4n) is 3.13. The molecule has 1 aliphatic carbocycles. The second kappa shape index (κ2) is 7.70. The quantitative estimate of drug-likeness (QED) is 0.891. The van der Waals surface area contributed by atoms with Gasteiger partial charge in [0.2, 0.25) is 0 Å². The third kappa shape index (κ3) is 4.18. The SMILES string of the molecule is Cc1nnc(CNC2CCCCC2OCc2ccccc2)n1C. The zero-order chi connectivity index (χ0) is 16.1. The van der Waals surface area contributed by atoms with E-state index in [1.54, 1.807) is 0 Å². The number of nitrogens with zero attached hydrogens (tertiary/aromatic N) is 3. The van der Waals surface area contributed by atoms with Crippen LogP contribution in [0.15, 0.2) is 30.3 Å². The molecule has 2 atom stereocenters. The van der Waals surface area contributed by atoms with Crippen LogP contribution in [0, 0.1) is 6.92 Å². The molecule has 1 heterocycles. The van der Waals surface area contributed by atoms with Gasteiger partial charge in [-0.1, -0.05) is 43.2 Å². The van der Waals surface area contributed by atoms with Crippen LogP contribution in [0.25, 0.3) is 0 Å². The average Bonchev–Trinajstić information content (AvgIpc) is 2.91. The standard InChI is InChI=1S/C18H26N4O/c1-14-20-21-18(22(14)2)12-19-16-10-6-7-11-17(16)23-13-15-8-4-3-5-9-15/h3-5,8-9,16-17,19H,6-7,10-13H2,1-2H3. The topological polar surface area (TPSA) is 52.0 Å². The number of rotatable bonds is 6. The molecule has 23 heavy (non-hydrogen) atoms. The zero-order valence-corrected chi connectivity index (χ0v) is 14.0. The number of hydrogen-bond acceptors (Lipinski definition) is 4. The van der Waals surface area contributed by atoms with E-state index in [9.17, 15) is 0 Å². The fourth-order valence-corrected chi connectivity index (χ4v) is 3.13. The molecule has 1 aromatic heterocycles. The Bertz CT molecular complexity index is 611. The van der Waals surface area contributed by atoms with Gasteiger partial charge in [-0.25, -0.2) is 0 Å². The van der Waals surface area contributed by atoms with Crippen molar-refractivity contribution in [2.75, 3.05) is 0 Å². The van der Waals surface area contributed by atoms with E-state index in [0.717, 1.165) is 31.0 Å². The van der Waals surface area contributed by atoms with Crippen LogP contribution in [-0.4, -0.2) is 26.9 Å². The summed E-state index contributed by atoms with van der Waals surface area (Å²) in [6, 6.07) is 10.8. The molecule has 5 nitrogen and oxygen atoms in total. The minimum absolute atomic E-state index is 0.276. The molecule has 1 aromatic carbocycles. The third-order valence-corrected chi connectivity index (χ3v) is 4.71. The molecular formula is C18H26N4O. The van der Waals surface area contributed by atoms with Gasteiger partial charge in [0.05, 0.1) is 19.3 Å². The van der Waals surface area contributed by atoms with Gasteiger partial charge >= 0.3 is 0 Å². The van der Waals surface area contributed by atoms with E-state index in [0.29, 0.717) is 12.6 Å². The van der Waals surface area contributed by atoms with E-state index >= 15 is 0 Å². The maximum Gasteiger partial charge on any atom is 0.146 e. The van der Waals surface area contributed by atoms with E-state index in [-0.39, 0.29) is 6.10 Å². The summed E-state index contributed by atoms with van der Waals surface area (Å²) in [5.74, 6) is 1.93. The molecule has 0 bridgehead atoms.